The van der Waals surface area contributed by atoms with Crippen molar-refractivity contribution in [2.75, 3.05) is 13.1 Å². The van der Waals surface area contributed by atoms with Crippen molar-refractivity contribution in [3.63, 3.8) is 0 Å². The molecule has 1 aromatic rings. The predicted octanol–water partition coefficient (Wildman–Crippen LogP) is 2.19. The Morgan fingerprint density at radius 3 is 2.67 bits per heavy atom. The number of hydrogen-bond acceptors (Lipinski definition) is 2. The normalized spacial score (nSPS) is 21.6. The Balaban J connectivity index is 1.76. The number of aliphatic hydroxyl groups is 1. The number of rotatable bonds is 2. The molecule has 0 aromatic heterocycles. The minimum atomic E-state index is -0.729. The van der Waals surface area contributed by atoms with Gasteiger partial charge in [-0.3, -0.25) is 4.79 Å². The second kappa shape index (κ2) is 4.03. The van der Waals surface area contributed by atoms with E-state index in [0.717, 1.165) is 12.8 Å². The molecular weight excluding hydrogens is 301 g/mol. The Hall–Kier alpha value is -0.940. The largest absolute Gasteiger partial charge is 0.386 e. The highest BCUT2D eigenvalue weighted by Crippen LogP contribution is 2.45. The number of β-amino-alcohol motifs (C(OH)–C–C–N with tert-alkyl or cyclic N) is 1. The molecule has 0 spiro atoms. The highest BCUT2D eigenvalue weighted by atomic mass is 79.9. The predicted molar refractivity (Wildman–Crippen MR) is 67.7 cm³/mol. The molecule has 1 heterocycles. The van der Waals surface area contributed by atoms with E-state index in [-0.39, 0.29) is 11.5 Å². The van der Waals surface area contributed by atoms with Crippen molar-refractivity contribution in [1.29, 1.82) is 0 Å². The average molecular weight is 314 g/mol. The van der Waals surface area contributed by atoms with Crippen LogP contribution in [0, 0.1) is 11.7 Å². The maximum Gasteiger partial charge on any atom is 0.258 e. The zero-order chi connectivity index (χ0) is 12.9. The zero-order valence-electron chi connectivity index (χ0n) is 9.70. The molecule has 0 bridgehead atoms. The van der Waals surface area contributed by atoms with Gasteiger partial charge in [0.25, 0.3) is 5.91 Å². The van der Waals surface area contributed by atoms with Crippen molar-refractivity contribution < 1.29 is 14.3 Å². The van der Waals surface area contributed by atoms with Gasteiger partial charge in [-0.05, 0) is 46.8 Å². The van der Waals surface area contributed by atoms with E-state index in [1.54, 1.807) is 12.1 Å². The summed E-state index contributed by atoms with van der Waals surface area (Å²) in [5.74, 6) is -0.563. The number of carbonyl (C=O) groups excluding carboxylic acids is 1. The lowest BCUT2D eigenvalue weighted by molar-refractivity contribution is -0.0959. The third-order valence-electron chi connectivity index (χ3n) is 3.73. The molecule has 0 unspecified atom stereocenters. The van der Waals surface area contributed by atoms with Gasteiger partial charge in [0.1, 0.15) is 11.4 Å². The van der Waals surface area contributed by atoms with Crippen LogP contribution in [0.3, 0.4) is 0 Å². The van der Waals surface area contributed by atoms with Crippen LogP contribution in [0.15, 0.2) is 22.7 Å². The van der Waals surface area contributed by atoms with Crippen molar-refractivity contribution in [3.05, 3.63) is 34.1 Å². The van der Waals surface area contributed by atoms with Gasteiger partial charge in [0.15, 0.2) is 0 Å². The number of likely N-dealkylation sites (tertiary alicyclic amines) is 1. The van der Waals surface area contributed by atoms with E-state index >= 15 is 0 Å². The van der Waals surface area contributed by atoms with Gasteiger partial charge in [-0.15, -0.1) is 0 Å². The maximum absolute atomic E-state index is 13.6. The molecule has 1 aliphatic carbocycles. The van der Waals surface area contributed by atoms with Crippen LogP contribution >= 0.6 is 15.9 Å². The highest BCUT2D eigenvalue weighted by molar-refractivity contribution is 9.10. The molecule has 5 heteroatoms. The van der Waals surface area contributed by atoms with Crippen LogP contribution in [0.4, 0.5) is 4.39 Å². The second-order valence-electron chi connectivity index (χ2n) is 5.14. The molecule has 3 nitrogen and oxygen atoms in total. The first-order chi connectivity index (χ1) is 8.51. The molecule has 1 amide bonds. The van der Waals surface area contributed by atoms with Crippen LogP contribution in [0.25, 0.3) is 0 Å². The average Bonchev–Trinajstić information content (AvgIpc) is 3.08. The Morgan fingerprint density at radius 2 is 2.11 bits per heavy atom. The summed E-state index contributed by atoms with van der Waals surface area (Å²) in [4.78, 5) is 13.6. The summed E-state index contributed by atoms with van der Waals surface area (Å²) in [5, 5.41) is 10.2. The van der Waals surface area contributed by atoms with Crippen LogP contribution in [0.2, 0.25) is 0 Å². The van der Waals surface area contributed by atoms with E-state index in [9.17, 15) is 14.3 Å². The topological polar surface area (TPSA) is 40.5 Å². The number of amides is 1. The van der Waals surface area contributed by atoms with Crippen LogP contribution in [-0.4, -0.2) is 34.6 Å². The Morgan fingerprint density at radius 1 is 1.44 bits per heavy atom. The molecule has 2 aliphatic rings. The van der Waals surface area contributed by atoms with Crippen molar-refractivity contribution in [2.45, 2.75) is 18.4 Å². The third kappa shape index (κ3) is 1.86. The molecule has 18 heavy (non-hydrogen) atoms. The second-order valence-corrected chi connectivity index (χ2v) is 5.99. The zero-order valence-corrected chi connectivity index (χ0v) is 11.3. The molecule has 1 N–H and O–H groups in total. The molecule has 0 atom stereocenters. The SMILES string of the molecule is O=C(c1c(F)cccc1Br)N1CC(O)(C2CC2)C1. The van der Waals surface area contributed by atoms with Gasteiger partial charge in [0.2, 0.25) is 0 Å². The molecular formula is C13H13BrFNO2. The Bertz CT molecular complexity index is 489. The molecule has 2 fully saturated rings. The van der Waals surface area contributed by atoms with Gasteiger partial charge in [0.05, 0.1) is 18.7 Å². The molecule has 1 aliphatic heterocycles. The van der Waals surface area contributed by atoms with E-state index in [1.165, 1.54) is 11.0 Å². The summed E-state index contributed by atoms with van der Waals surface area (Å²) in [6.45, 7) is 0.633. The first-order valence-corrected chi connectivity index (χ1v) is 6.76. The molecule has 0 radical (unpaired) electrons. The number of halogens is 2. The maximum atomic E-state index is 13.6. The molecule has 3 rings (SSSR count). The van der Waals surface area contributed by atoms with Crippen LogP contribution < -0.4 is 0 Å². The van der Waals surface area contributed by atoms with Gasteiger partial charge in [-0.2, -0.15) is 0 Å². The van der Waals surface area contributed by atoms with E-state index in [4.69, 9.17) is 0 Å². The molecule has 1 saturated carbocycles. The van der Waals surface area contributed by atoms with Gasteiger partial charge in [-0.1, -0.05) is 6.07 Å². The third-order valence-corrected chi connectivity index (χ3v) is 4.39. The van der Waals surface area contributed by atoms with Gasteiger partial charge >= 0.3 is 0 Å². The van der Waals surface area contributed by atoms with Gasteiger partial charge in [0, 0.05) is 4.47 Å². The number of carbonyl (C=O) groups is 1. The van der Waals surface area contributed by atoms with Gasteiger partial charge in [-0.25, -0.2) is 4.39 Å². The first-order valence-electron chi connectivity index (χ1n) is 5.97. The first kappa shape index (κ1) is 12.1. The minimum Gasteiger partial charge on any atom is -0.386 e. The standard InChI is InChI=1S/C13H13BrFNO2/c14-9-2-1-3-10(15)11(9)12(17)16-6-13(18,7-16)8-4-5-8/h1-3,8,18H,4-7H2. The van der Waals surface area contributed by atoms with Gasteiger partial charge < -0.3 is 10.0 Å². The van der Waals surface area contributed by atoms with E-state index in [1.807, 2.05) is 0 Å². The Labute approximate surface area is 113 Å². The lowest BCUT2D eigenvalue weighted by atomic mass is 9.88. The Kier molecular flexibility index (Phi) is 2.71. The van der Waals surface area contributed by atoms with E-state index < -0.39 is 11.4 Å². The fourth-order valence-electron chi connectivity index (χ4n) is 2.50. The summed E-state index contributed by atoms with van der Waals surface area (Å²) in [5.41, 5.74) is -0.678. The fraction of sp³-hybridized carbons (Fsp3) is 0.462. The number of nitrogens with zero attached hydrogens (tertiary/aromatic N) is 1. The van der Waals surface area contributed by atoms with E-state index in [0.29, 0.717) is 23.5 Å². The molecule has 1 saturated heterocycles. The van der Waals surface area contributed by atoms with Crippen LogP contribution in [-0.2, 0) is 0 Å². The summed E-state index contributed by atoms with van der Waals surface area (Å²) < 4.78 is 14.1. The van der Waals surface area contributed by atoms with Crippen molar-refractivity contribution in [3.8, 4) is 0 Å². The number of hydrogen-bond donors (Lipinski definition) is 1. The number of benzene rings is 1. The summed E-state index contributed by atoms with van der Waals surface area (Å²) in [6, 6.07) is 4.46. The monoisotopic (exact) mass is 313 g/mol. The minimum absolute atomic E-state index is 0.0512. The smallest absolute Gasteiger partial charge is 0.258 e. The molecule has 1 aromatic carbocycles. The summed E-state index contributed by atoms with van der Waals surface area (Å²) in [6.07, 6.45) is 2.06. The lowest BCUT2D eigenvalue weighted by Crippen LogP contribution is -2.64. The molecule has 96 valence electrons. The summed E-state index contributed by atoms with van der Waals surface area (Å²) >= 11 is 3.19. The van der Waals surface area contributed by atoms with Crippen LogP contribution in [0.5, 0.6) is 0 Å². The quantitative estimate of drug-likeness (QED) is 0.909. The van der Waals surface area contributed by atoms with Crippen molar-refractivity contribution >= 4 is 21.8 Å². The summed E-state index contributed by atoms with van der Waals surface area (Å²) in [7, 11) is 0. The highest BCUT2D eigenvalue weighted by Gasteiger charge is 2.53. The lowest BCUT2D eigenvalue weighted by Gasteiger charge is -2.47. The van der Waals surface area contributed by atoms with Crippen molar-refractivity contribution in [2.24, 2.45) is 5.92 Å². The van der Waals surface area contributed by atoms with Crippen LogP contribution in [0.1, 0.15) is 23.2 Å². The van der Waals surface area contributed by atoms with Crippen molar-refractivity contribution in [1.82, 2.24) is 4.90 Å². The fourth-order valence-corrected chi connectivity index (χ4v) is 3.01. The van der Waals surface area contributed by atoms with E-state index in [2.05, 4.69) is 15.9 Å².